The van der Waals surface area contributed by atoms with E-state index >= 15 is 0 Å². The largest absolute Gasteiger partial charge is 0.323 e. The van der Waals surface area contributed by atoms with Crippen LogP contribution in [0.5, 0.6) is 0 Å². The Morgan fingerprint density at radius 3 is 2.12 bits per heavy atom. The average Bonchev–Trinajstić information content (AvgIpc) is 3.37. The van der Waals surface area contributed by atoms with E-state index in [1.807, 2.05) is 89.9 Å². The predicted molar refractivity (Wildman–Crippen MR) is 136 cm³/mol. The number of nitrogens with zero attached hydrogens (tertiary/aromatic N) is 2. The predicted octanol–water partition coefficient (Wildman–Crippen LogP) is 6.30. The van der Waals surface area contributed by atoms with Gasteiger partial charge in [-0.15, -0.1) is 0 Å². The summed E-state index contributed by atoms with van der Waals surface area (Å²) in [4.78, 5) is 14.1. The number of rotatable bonds is 3. The van der Waals surface area contributed by atoms with Gasteiger partial charge in [0.2, 0.25) is 0 Å². The number of nitrogens with one attached hydrogen (secondary N) is 1. The number of halogens is 1. The van der Waals surface area contributed by atoms with Crippen LogP contribution in [0.25, 0.3) is 0 Å². The molecule has 6 rings (SSSR count). The highest BCUT2D eigenvalue weighted by Gasteiger charge is 2.63. The first kappa shape index (κ1) is 19.9. The van der Waals surface area contributed by atoms with E-state index in [0.717, 1.165) is 38.2 Å². The Hall–Kier alpha value is -3.70. The molecule has 0 saturated carbocycles. The molecule has 0 aliphatic carbocycles. The van der Waals surface area contributed by atoms with Crippen molar-refractivity contribution in [1.82, 2.24) is 0 Å². The van der Waals surface area contributed by atoms with E-state index in [-0.39, 0.29) is 11.8 Å². The first-order valence-corrected chi connectivity index (χ1v) is 11.6. The minimum absolute atomic E-state index is 0.0863. The highest BCUT2D eigenvalue weighted by molar-refractivity contribution is 9.10. The zero-order valence-corrected chi connectivity index (χ0v) is 19.2. The van der Waals surface area contributed by atoms with E-state index in [1.54, 1.807) is 0 Å². The molecule has 5 heteroatoms. The van der Waals surface area contributed by atoms with Crippen LogP contribution in [0.2, 0.25) is 0 Å². The minimum atomic E-state index is -1.08. The molecular weight excluding hydrogens is 474 g/mol. The minimum Gasteiger partial charge on any atom is -0.323 e. The quantitative estimate of drug-likeness (QED) is 0.363. The normalized spacial score (nSPS) is 21.1. The van der Waals surface area contributed by atoms with Crippen molar-refractivity contribution in [2.75, 3.05) is 10.3 Å². The Kier molecular flexibility index (Phi) is 4.66. The summed E-state index contributed by atoms with van der Waals surface area (Å²) in [6.07, 6.45) is 0. The summed E-state index contributed by atoms with van der Waals surface area (Å²) in [7, 11) is 0. The molecule has 33 heavy (non-hydrogen) atoms. The molecule has 2 atom stereocenters. The van der Waals surface area contributed by atoms with Crippen molar-refractivity contribution in [2.24, 2.45) is 5.10 Å². The SMILES string of the molecule is O=C1Nc2cccc(Br)c2C12C(c1ccccc1)C(c1ccccc1)=NN2c1ccccc1. The van der Waals surface area contributed by atoms with Gasteiger partial charge < -0.3 is 5.32 Å². The van der Waals surface area contributed by atoms with E-state index in [0.29, 0.717) is 0 Å². The lowest BCUT2D eigenvalue weighted by Gasteiger charge is -2.38. The molecule has 1 N–H and O–H groups in total. The molecule has 0 radical (unpaired) electrons. The summed E-state index contributed by atoms with van der Waals surface area (Å²) >= 11 is 3.77. The fourth-order valence-electron chi connectivity index (χ4n) is 5.10. The highest BCUT2D eigenvalue weighted by atomic mass is 79.9. The number of benzene rings is 4. The van der Waals surface area contributed by atoms with Gasteiger partial charge in [-0.3, -0.25) is 4.79 Å². The number of hydrogen-bond acceptors (Lipinski definition) is 3. The maximum absolute atomic E-state index is 14.1. The van der Waals surface area contributed by atoms with E-state index < -0.39 is 5.54 Å². The summed E-state index contributed by atoms with van der Waals surface area (Å²) in [6, 6.07) is 36.2. The second-order valence-electron chi connectivity index (χ2n) is 8.23. The number of fused-ring (bicyclic) bond motifs is 2. The van der Waals surface area contributed by atoms with Crippen LogP contribution in [0.15, 0.2) is 119 Å². The van der Waals surface area contributed by atoms with Gasteiger partial charge in [0.25, 0.3) is 5.91 Å². The third kappa shape index (κ3) is 2.89. The van der Waals surface area contributed by atoms with Gasteiger partial charge in [-0.25, -0.2) is 5.01 Å². The van der Waals surface area contributed by atoms with Gasteiger partial charge in [-0.1, -0.05) is 101 Å². The zero-order chi connectivity index (χ0) is 22.4. The Balaban J connectivity index is 1.71. The number of anilines is 2. The molecule has 4 aromatic rings. The standard InChI is InChI=1S/C28H20BrN3O/c29-22-17-10-18-23-25(22)28(27(33)30-23)24(19-11-4-1-5-12-19)26(20-13-6-2-7-14-20)31-32(28)21-15-8-3-9-16-21/h1-18,24H,(H,30,33). The molecule has 0 saturated heterocycles. The van der Waals surface area contributed by atoms with Gasteiger partial charge in [0, 0.05) is 15.7 Å². The van der Waals surface area contributed by atoms with Crippen molar-refractivity contribution in [2.45, 2.75) is 11.5 Å². The molecular formula is C28H20BrN3O. The van der Waals surface area contributed by atoms with Crippen molar-refractivity contribution in [3.8, 4) is 0 Å². The summed E-state index contributed by atoms with van der Waals surface area (Å²) in [5, 5.41) is 10.3. The monoisotopic (exact) mass is 493 g/mol. The van der Waals surface area contributed by atoms with Crippen molar-refractivity contribution < 1.29 is 4.79 Å². The van der Waals surface area contributed by atoms with Gasteiger partial charge in [0.15, 0.2) is 5.54 Å². The van der Waals surface area contributed by atoms with Gasteiger partial charge in [0.05, 0.1) is 17.3 Å². The van der Waals surface area contributed by atoms with Crippen molar-refractivity contribution in [1.29, 1.82) is 0 Å². The summed E-state index contributed by atoms with van der Waals surface area (Å²) in [5.41, 5.74) is 4.40. The Bertz CT molecular complexity index is 1370. The molecule has 2 aliphatic rings. The van der Waals surface area contributed by atoms with Crippen LogP contribution in [0.3, 0.4) is 0 Å². The topological polar surface area (TPSA) is 44.7 Å². The van der Waals surface area contributed by atoms with E-state index in [2.05, 4.69) is 45.5 Å². The lowest BCUT2D eigenvalue weighted by atomic mass is 9.72. The number of carbonyl (C=O) groups is 1. The van der Waals surface area contributed by atoms with Crippen LogP contribution in [0, 0.1) is 0 Å². The summed E-state index contributed by atoms with van der Waals surface area (Å²) < 4.78 is 0.879. The third-order valence-corrected chi connectivity index (χ3v) is 7.09. The number of hydrazone groups is 1. The molecule has 0 fully saturated rings. The third-order valence-electron chi connectivity index (χ3n) is 6.43. The molecule has 4 nitrogen and oxygen atoms in total. The fraction of sp³-hybridized carbons (Fsp3) is 0.0714. The van der Waals surface area contributed by atoms with Crippen molar-refractivity contribution in [3.05, 3.63) is 130 Å². The van der Waals surface area contributed by atoms with Gasteiger partial charge in [-0.05, 0) is 35.4 Å². The zero-order valence-electron chi connectivity index (χ0n) is 17.7. The van der Waals surface area contributed by atoms with Gasteiger partial charge >= 0.3 is 0 Å². The lowest BCUT2D eigenvalue weighted by Crippen LogP contribution is -2.50. The van der Waals surface area contributed by atoms with Crippen molar-refractivity contribution >= 4 is 38.9 Å². The Labute approximate surface area is 200 Å². The fourth-order valence-corrected chi connectivity index (χ4v) is 5.77. The van der Waals surface area contributed by atoms with Gasteiger partial charge in [-0.2, -0.15) is 5.10 Å². The van der Waals surface area contributed by atoms with E-state index in [1.165, 1.54) is 0 Å². The van der Waals surface area contributed by atoms with Crippen LogP contribution >= 0.6 is 15.9 Å². The first-order chi connectivity index (χ1) is 16.2. The second-order valence-corrected chi connectivity index (χ2v) is 9.08. The molecule has 1 spiro atoms. The van der Waals surface area contributed by atoms with E-state index in [4.69, 9.17) is 5.10 Å². The summed E-state index contributed by atoms with van der Waals surface area (Å²) in [6.45, 7) is 0. The highest BCUT2D eigenvalue weighted by Crippen LogP contribution is 2.57. The van der Waals surface area contributed by atoms with Crippen LogP contribution in [-0.4, -0.2) is 11.6 Å². The number of para-hydroxylation sites is 1. The maximum Gasteiger partial charge on any atom is 0.258 e. The molecule has 2 unspecified atom stereocenters. The molecule has 160 valence electrons. The molecule has 2 aliphatic heterocycles. The average molecular weight is 494 g/mol. The lowest BCUT2D eigenvalue weighted by molar-refractivity contribution is -0.120. The Morgan fingerprint density at radius 2 is 1.42 bits per heavy atom. The van der Waals surface area contributed by atoms with E-state index in [9.17, 15) is 4.79 Å². The maximum atomic E-state index is 14.1. The second kappa shape index (κ2) is 7.71. The van der Waals surface area contributed by atoms with Crippen LogP contribution in [0.4, 0.5) is 11.4 Å². The molecule has 4 aromatic carbocycles. The number of amides is 1. The van der Waals surface area contributed by atoms with Crippen LogP contribution in [-0.2, 0) is 10.3 Å². The first-order valence-electron chi connectivity index (χ1n) is 10.9. The molecule has 0 aromatic heterocycles. The number of hydrogen-bond donors (Lipinski definition) is 1. The molecule has 0 bridgehead atoms. The van der Waals surface area contributed by atoms with Crippen molar-refractivity contribution in [3.63, 3.8) is 0 Å². The van der Waals surface area contributed by atoms with Crippen LogP contribution in [0.1, 0.15) is 22.6 Å². The van der Waals surface area contributed by atoms with Crippen LogP contribution < -0.4 is 10.3 Å². The summed E-state index contributed by atoms with van der Waals surface area (Å²) in [5.74, 6) is -0.405. The Morgan fingerprint density at radius 1 is 0.788 bits per heavy atom. The smallest absolute Gasteiger partial charge is 0.258 e. The molecule has 1 amide bonds. The number of carbonyl (C=O) groups excluding carboxylic acids is 1. The van der Waals surface area contributed by atoms with Gasteiger partial charge in [0.1, 0.15) is 0 Å². The molecule has 2 heterocycles.